The molecule has 0 bridgehead atoms. The van der Waals surface area contributed by atoms with Gasteiger partial charge in [-0.05, 0) is 25.3 Å². The maximum absolute atomic E-state index is 12.8. The summed E-state index contributed by atoms with van der Waals surface area (Å²) in [6.45, 7) is 0.614. The summed E-state index contributed by atoms with van der Waals surface area (Å²) in [5.41, 5.74) is 0.686. The van der Waals surface area contributed by atoms with Crippen molar-refractivity contribution in [3.05, 3.63) is 35.2 Å². The van der Waals surface area contributed by atoms with Crippen molar-refractivity contribution in [2.45, 2.75) is 25.3 Å². The van der Waals surface area contributed by atoms with E-state index in [4.69, 9.17) is 4.74 Å². The van der Waals surface area contributed by atoms with Crippen molar-refractivity contribution in [1.29, 1.82) is 0 Å². The fourth-order valence-corrected chi connectivity index (χ4v) is 3.79. The lowest BCUT2D eigenvalue weighted by molar-refractivity contribution is -0.147. The number of amides is 1. The van der Waals surface area contributed by atoms with Crippen molar-refractivity contribution in [2.24, 2.45) is 0 Å². The number of ether oxygens (including phenoxy) is 1. The predicted molar refractivity (Wildman–Crippen MR) is 82.5 cm³/mol. The lowest BCUT2D eigenvalue weighted by Crippen LogP contribution is -2.48. The molecule has 0 spiro atoms. The summed E-state index contributed by atoms with van der Waals surface area (Å²) in [6.07, 6.45) is 2.57. The zero-order valence-corrected chi connectivity index (χ0v) is 12.7. The summed E-state index contributed by atoms with van der Waals surface area (Å²) >= 11 is 1.56. The largest absolute Gasteiger partial charge is 0.467 e. The smallest absolute Gasteiger partial charge is 0.328 e. The first-order chi connectivity index (χ1) is 10.2. The number of hydrogen-bond acceptors (Lipinski definition) is 4. The molecule has 2 heterocycles. The van der Waals surface area contributed by atoms with Crippen LogP contribution < -0.4 is 0 Å². The van der Waals surface area contributed by atoms with Crippen LogP contribution in [0.25, 0.3) is 10.1 Å². The molecule has 0 aliphatic carbocycles. The highest BCUT2D eigenvalue weighted by atomic mass is 32.1. The van der Waals surface area contributed by atoms with Crippen molar-refractivity contribution in [2.75, 3.05) is 13.7 Å². The van der Waals surface area contributed by atoms with Gasteiger partial charge in [-0.3, -0.25) is 4.79 Å². The van der Waals surface area contributed by atoms with Gasteiger partial charge in [-0.1, -0.05) is 18.2 Å². The SMILES string of the molecule is COC(=O)[C@H]1CCCCN1C(=O)c1csc2ccccc12. The van der Waals surface area contributed by atoms with E-state index in [1.165, 1.54) is 7.11 Å². The molecule has 0 unspecified atom stereocenters. The van der Waals surface area contributed by atoms with Gasteiger partial charge in [0.15, 0.2) is 0 Å². The average Bonchev–Trinajstić information content (AvgIpc) is 2.97. The number of thiophene rings is 1. The molecular weight excluding hydrogens is 286 g/mol. The van der Waals surface area contributed by atoms with Crippen LogP contribution >= 0.6 is 11.3 Å². The number of piperidine rings is 1. The molecule has 1 atom stereocenters. The monoisotopic (exact) mass is 303 g/mol. The molecule has 3 rings (SSSR count). The second kappa shape index (κ2) is 5.85. The number of esters is 1. The molecule has 1 amide bonds. The number of nitrogens with zero attached hydrogens (tertiary/aromatic N) is 1. The summed E-state index contributed by atoms with van der Waals surface area (Å²) < 4.78 is 5.93. The highest BCUT2D eigenvalue weighted by Gasteiger charge is 2.34. The molecule has 1 fully saturated rings. The van der Waals surface area contributed by atoms with Gasteiger partial charge in [0, 0.05) is 22.0 Å². The van der Waals surface area contributed by atoms with E-state index in [2.05, 4.69) is 0 Å². The second-order valence-electron chi connectivity index (χ2n) is 5.18. The van der Waals surface area contributed by atoms with Gasteiger partial charge in [-0.25, -0.2) is 4.79 Å². The molecular formula is C16H17NO3S. The van der Waals surface area contributed by atoms with Gasteiger partial charge in [-0.15, -0.1) is 11.3 Å². The fourth-order valence-electron chi connectivity index (χ4n) is 2.85. The van der Waals surface area contributed by atoms with Crippen molar-refractivity contribution in [3.8, 4) is 0 Å². The van der Waals surface area contributed by atoms with E-state index >= 15 is 0 Å². The molecule has 1 saturated heterocycles. The lowest BCUT2D eigenvalue weighted by atomic mass is 10.0. The summed E-state index contributed by atoms with van der Waals surface area (Å²) in [7, 11) is 1.37. The van der Waals surface area contributed by atoms with Crippen LogP contribution in [0, 0.1) is 0 Å². The maximum atomic E-state index is 12.8. The van der Waals surface area contributed by atoms with Crippen LogP contribution in [0.4, 0.5) is 0 Å². The second-order valence-corrected chi connectivity index (χ2v) is 6.09. The molecule has 21 heavy (non-hydrogen) atoms. The Morgan fingerprint density at radius 1 is 1.29 bits per heavy atom. The molecule has 0 radical (unpaired) electrons. The molecule has 1 aliphatic rings. The van der Waals surface area contributed by atoms with Crippen molar-refractivity contribution >= 4 is 33.3 Å². The van der Waals surface area contributed by atoms with Gasteiger partial charge in [0.25, 0.3) is 5.91 Å². The van der Waals surface area contributed by atoms with Gasteiger partial charge >= 0.3 is 5.97 Å². The normalized spacial score (nSPS) is 18.7. The number of methoxy groups -OCH3 is 1. The Bertz CT molecular complexity index is 679. The third-order valence-corrected chi connectivity index (χ3v) is 4.91. The number of carbonyl (C=O) groups is 2. The Morgan fingerprint density at radius 3 is 2.90 bits per heavy atom. The van der Waals surface area contributed by atoms with Crippen LogP contribution in [-0.4, -0.2) is 36.5 Å². The van der Waals surface area contributed by atoms with E-state index in [-0.39, 0.29) is 11.9 Å². The highest BCUT2D eigenvalue weighted by Crippen LogP contribution is 2.29. The minimum Gasteiger partial charge on any atom is -0.467 e. The van der Waals surface area contributed by atoms with Crippen LogP contribution in [-0.2, 0) is 9.53 Å². The minimum atomic E-state index is -0.449. The molecule has 4 nitrogen and oxygen atoms in total. The summed E-state index contributed by atoms with van der Waals surface area (Å²) in [5.74, 6) is -0.384. The fraction of sp³-hybridized carbons (Fsp3) is 0.375. The Balaban J connectivity index is 1.94. The summed E-state index contributed by atoms with van der Waals surface area (Å²) in [5, 5.41) is 2.84. The number of hydrogen-bond donors (Lipinski definition) is 0. The van der Waals surface area contributed by atoms with Crippen LogP contribution in [0.5, 0.6) is 0 Å². The molecule has 1 aliphatic heterocycles. The maximum Gasteiger partial charge on any atom is 0.328 e. The summed E-state index contributed by atoms with van der Waals surface area (Å²) in [6, 6.07) is 7.40. The van der Waals surface area contributed by atoms with Crippen LogP contribution in [0.2, 0.25) is 0 Å². The number of benzene rings is 1. The quantitative estimate of drug-likeness (QED) is 0.801. The Hall–Kier alpha value is -1.88. The zero-order chi connectivity index (χ0) is 14.8. The third-order valence-electron chi connectivity index (χ3n) is 3.95. The molecule has 1 aromatic heterocycles. The number of carbonyl (C=O) groups excluding carboxylic acids is 2. The van der Waals surface area contributed by atoms with E-state index in [1.807, 2.05) is 29.6 Å². The summed E-state index contributed by atoms with van der Waals surface area (Å²) in [4.78, 5) is 26.4. The van der Waals surface area contributed by atoms with Crippen LogP contribution in [0.15, 0.2) is 29.6 Å². The van der Waals surface area contributed by atoms with Gasteiger partial charge < -0.3 is 9.64 Å². The highest BCUT2D eigenvalue weighted by molar-refractivity contribution is 7.17. The van der Waals surface area contributed by atoms with Crippen molar-refractivity contribution in [3.63, 3.8) is 0 Å². The van der Waals surface area contributed by atoms with Crippen LogP contribution in [0.3, 0.4) is 0 Å². The predicted octanol–water partition coefficient (Wildman–Crippen LogP) is 3.07. The Morgan fingerprint density at radius 2 is 2.10 bits per heavy atom. The number of rotatable bonds is 2. The van der Waals surface area contributed by atoms with Gasteiger partial charge in [0.2, 0.25) is 0 Å². The minimum absolute atomic E-state index is 0.0671. The molecule has 2 aromatic rings. The Kier molecular flexibility index (Phi) is 3.92. The zero-order valence-electron chi connectivity index (χ0n) is 11.9. The first-order valence-corrected chi connectivity index (χ1v) is 7.95. The number of fused-ring (bicyclic) bond motifs is 1. The third kappa shape index (κ3) is 2.53. The lowest BCUT2D eigenvalue weighted by Gasteiger charge is -2.33. The first kappa shape index (κ1) is 14.1. The van der Waals surface area contributed by atoms with Gasteiger partial charge in [0.1, 0.15) is 6.04 Å². The standard InChI is InChI=1S/C16H17NO3S/c1-20-16(19)13-7-4-5-9-17(13)15(18)12-10-21-14-8-3-2-6-11(12)14/h2-3,6,8,10,13H,4-5,7,9H2,1H3/t13-/m1/s1. The molecule has 0 N–H and O–H groups in total. The van der Waals surface area contributed by atoms with Gasteiger partial charge in [0.05, 0.1) is 12.7 Å². The van der Waals surface area contributed by atoms with Crippen molar-refractivity contribution in [1.82, 2.24) is 4.90 Å². The molecule has 1 aromatic carbocycles. The van der Waals surface area contributed by atoms with Crippen molar-refractivity contribution < 1.29 is 14.3 Å². The van der Waals surface area contributed by atoms with E-state index in [1.54, 1.807) is 16.2 Å². The van der Waals surface area contributed by atoms with E-state index in [0.29, 0.717) is 18.5 Å². The van der Waals surface area contributed by atoms with E-state index in [0.717, 1.165) is 22.9 Å². The molecule has 0 saturated carbocycles. The topological polar surface area (TPSA) is 46.6 Å². The van der Waals surface area contributed by atoms with Gasteiger partial charge in [-0.2, -0.15) is 0 Å². The molecule has 5 heteroatoms. The number of likely N-dealkylation sites (tertiary alicyclic amines) is 1. The van der Waals surface area contributed by atoms with E-state index in [9.17, 15) is 9.59 Å². The average molecular weight is 303 g/mol. The first-order valence-electron chi connectivity index (χ1n) is 7.07. The van der Waals surface area contributed by atoms with E-state index < -0.39 is 6.04 Å². The van der Waals surface area contributed by atoms with Crippen LogP contribution in [0.1, 0.15) is 29.6 Å². The molecule has 110 valence electrons. The Labute approximate surface area is 127 Å².